The fourth-order valence-electron chi connectivity index (χ4n) is 2.21. The molecule has 0 radical (unpaired) electrons. The summed E-state index contributed by atoms with van der Waals surface area (Å²) in [7, 11) is 1.96. The van der Waals surface area contributed by atoms with Crippen LogP contribution in [0.25, 0.3) is 0 Å². The highest BCUT2D eigenvalue weighted by Gasteiger charge is 2.19. The van der Waals surface area contributed by atoms with Crippen molar-refractivity contribution in [2.45, 2.75) is 19.5 Å². The highest BCUT2D eigenvalue weighted by molar-refractivity contribution is 5.47. The SMILES string of the molecule is CCn1cncc1C(CN)N(C)c1ccc(F)cc1. The Bertz CT molecular complexity index is 520. The standard InChI is InChI=1S/C14H19FN4/c1-3-19-10-17-9-14(19)13(8-16)18(2)12-6-4-11(15)5-7-12/h4-7,9-10,13H,3,8,16H2,1-2H3. The van der Waals surface area contributed by atoms with Crippen LogP contribution in [0.2, 0.25) is 0 Å². The third kappa shape index (κ3) is 2.76. The summed E-state index contributed by atoms with van der Waals surface area (Å²) in [4.78, 5) is 6.22. The van der Waals surface area contributed by atoms with Gasteiger partial charge in [-0.3, -0.25) is 0 Å². The lowest BCUT2D eigenvalue weighted by Crippen LogP contribution is -2.32. The summed E-state index contributed by atoms with van der Waals surface area (Å²) in [5.41, 5.74) is 7.90. The highest BCUT2D eigenvalue weighted by Crippen LogP contribution is 2.24. The first-order chi connectivity index (χ1) is 9.17. The zero-order valence-electron chi connectivity index (χ0n) is 11.3. The van der Waals surface area contributed by atoms with E-state index in [0.717, 1.165) is 17.9 Å². The molecule has 0 amide bonds. The van der Waals surface area contributed by atoms with Gasteiger partial charge >= 0.3 is 0 Å². The Balaban J connectivity index is 2.29. The molecular formula is C14H19FN4. The van der Waals surface area contributed by atoms with Gasteiger partial charge < -0.3 is 15.2 Å². The van der Waals surface area contributed by atoms with Gasteiger partial charge in [0.05, 0.1) is 24.3 Å². The molecule has 2 aromatic rings. The van der Waals surface area contributed by atoms with E-state index in [2.05, 4.69) is 16.5 Å². The van der Waals surface area contributed by atoms with Crippen molar-refractivity contribution >= 4 is 5.69 Å². The van der Waals surface area contributed by atoms with Crippen LogP contribution in [0.3, 0.4) is 0 Å². The van der Waals surface area contributed by atoms with E-state index in [1.165, 1.54) is 12.1 Å². The molecule has 4 nitrogen and oxygen atoms in total. The van der Waals surface area contributed by atoms with E-state index in [-0.39, 0.29) is 11.9 Å². The third-order valence-electron chi connectivity index (χ3n) is 3.35. The first-order valence-electron chi connectivity index (χ1n) is 6.35. The van der Waals surface area contributed by atoms with E-state index in [1.807, 2.05) is 18.1 Å². The molecule has 2 N–H and O–H groups in total. The molecule has 0 aliphatic rings. The molecule has 0 aliphatic carbocycles. The maximum atomic E-state index is 13.0. The number of halogens is 1. The average Bonchev–Trinajstić information content (AvgIpc) is 2.88. The van der Waals surface area contributed by atoms with Crippen molar-refractivity contribution in [1.82, 2.24) is 9.55 Å². The van der Waals surface area contributed by atoms with Gasteiger partial charge in [-0.1, -0.05) is 0 Å². The van der Waals surface area contributed by atoms with Crippen LogP contribution in [0.15, 0.2) is 36.8 Å². The smallest absolute Gasteiger partial charge is 0.123 e. The van der Waals surface area contributed by atoms with Crippen molar-refractivity contribution in [3.05, 3.63) is 48.3 Å². The normalized spacial score (nSPS) is 12.4. The minimum Gasteiger partial charge on any atom is -0.365 e. The maximum Gasteiger partial charge on any atom is 0.123 e. The number of likely N-dealkylation sites (N-methyl/N-ethyl adjacent to an activating group) is 1. The van der Waals surface area contributed by atoms with E-state index in [4.69, 9.17) is 5.73 Å². The van der Waals surface area contributed by atoms with Crippen molar-refractivity contribution in [2.75, 3.05) is 18.5 Å². The molecule has 0 aliphatic heterocycles. The zero-order valence-corrected chi connectivity index (χ0v) is 11.3. The van der Waals surface area contributed by atoms with Crippen LogP contribution in [0.5, 0.6) is 0 Å². The molecule has 102 valence electrons. The predicted molar refractivity (Wildman–Crippen MR) is 74.5 cm³/mol. The minimum absolute atomic E-state index is 0.0212. The van der Waals surface area contributed by atoms with Crippen molar-refractivity contribution < 1.29 is 4.39 Å². The molecule has 19 heavy (non-hydrogen) atoms. The molecule has 0 saturated carbocycles. The molecule has 0 fully saturated rings. The Morgan fingerprint density at radius 1 is 1.37 bits per heavy atom. The van der Waals surface area contributed by atoms with Gasteiger partial charge in [-0.05, 0) is 31.2 Å². The van der Waals surface area contributed by atoms with Crippen molar-refractivity contribution in [2.24, 2.45) is 5.73 Å². The number of benzene rings is 1. The molecule has 1 aromatic carbocycles. The van der Waals surface area contributed by atoms with Crippen LogP contribution >= 0.6 is 0 Å². The first kappa shape index (κ1) is 13.5. The number of aromatic nitrogens is 2. The molecule has 5 heteroatoms. The molecule has 0 bridgehead atoms. The second-order valence-electron chi connectivity index (χ2n) is 4.44. The minimum atomic E-state index is -0.236. The van der Waals surface area contributed by atoms with Crippen LogP contribution in [0.4, 0.5) is 10.1 Å². The van der Waals surface area contributed by atoms with E-state index >= 15 is 0 Å². The molecule has 1 aromatic heterocycles. The predicted octanol–water partition coefficient (Wildman–Crippen LogP) is 2.18. The summed E-state index contributed by atoms with van der Waals surface area (Å²) in [6, 6.07) is 6.44. The van der Waals surface area contributed by atoms with Crippen LogP contribution in [-0.2, 0) is 6.54 Å². The fraction of sp³-hybridized carbons (Fsp3) is 0.357. The second kappa shape index (κ2) is 5.84. The van der Waals surface area contributed by atoms with Crippen LogP contribution in [0.1, 0.15) is 18.7 Å². The monoisotopic (exact) mass is 262 g/mol. The number of nitrogens with zero attached hydrogens (tertiary/aromatic N) is 3. The summed E-state index contributed by atoms with van der Waals surface area (Å²) >= 11 is 0. The maximum absolute atomic E-state index is 13.0. The lowest BCUT2D eigenvalue weighted by atomic mass is 10.1. The lowest BCUT2D eigenvalue weighted by Gasteiger charge is -2.29. The average molecular weight is 262 g/mol. The lowest BCUT2D eigenvalue weighted by molar-refractivity contribution is 0.600. The second-order valence-corrected chi connectivity index (χ2v) is 4.44. The molecule has 0 saturated heterocycles. The topological polar surface area (TPSA) is 47.1 Å². The van der Waals surface area contributed by atoms with Gasteiger partial charge in [-0.15, -0.1) is 0 Å². The number of nitrogens with two attached hydrogens (primary N) is 1. The highest BCUT2D eigenvalue weighted by atomic mass is 19.1. The Morgan fingerprint density at radius 3 is 2.63 bits per heavy atom. The Hall–Kier alpha value is -1.88. The summed E-state index contributed by atoms with van der Waals surface area (Å²) < 4.78 is 15.0. The van der Waals surface area contributed by atoms with Gasteiger partial charge in [0.1, 0.15) is 5.82 Å². The van der Waals surface area contributed by atoms with Crippen LogP contribution in [0, 0.1) is 5.82 Å². The number of aryl methyl sites for hydroxylation is 1. The van der Waals surface area contributed by atoms with Gasteiger partial charge in [-0.25, -0.2) is 9.37 Å². The van der Waals surface area contributed by atoms with E-state index in [1.54, 1.807) is 18.5 Å². The number of imidazole rings is 1. The van der Waals surface area contributed by atoms with Gasteiger partial charge in [0, 0.05) is 25.8 Å². The third-order valence-corrected chi connectivity index (χ3v) is 3.35. The Morgan fingerprint density at radius 2 is 2.05 bits per heavy atom. The molecule has 1 unspecified atom stereocenters. The van der Waals surface area contributed by atoms with Crippen LogP contribution < -0.4 is 10.6 Å². The Kier molecular flexibility index (Phi) is 4.16. The number of rotatable bonds is 5. The first-order valence-corrected chi connectivity index (χ1v) is 6.35. The van der Waals surface area contributed by atoms with Crippen molar-refractivity contribution in [3.63, 3.8) is 0 Å². The quantitative estimate of drug-likeness (QED) is 0.898. The van der Waals surface area contributed by atoms with Crippen molar-refractivity contribution in [1.29, 1.82) is 0 Å². The summed E-state index contributed by atoms with van der Waals surface area (Å²) in [5, 5.41) is 0. The summed E-state index contributed by atoms with van der Waals surface area (Å²) in [6.45, 7) is 3.39. The van der Waals surface area contributed by atoms with E-state index in [0.29, 0.717) is 6.54 Å². The fourth-order valence-corrected chi connectivity index (χ4v) is 2.21. The summed E-state index contributed by atoms with van der Waals surface area (Å²) in [6.07, 6.45) is 3.64. The molecular weight excluding hydrogens is 243 g/mol. The van der Waals surface area contributed by atoms with Gasteiger partial charge in [-0.2, -0.15) is 0 Å². The van der Waals surface area contributed by atoms with Gasteiger partial charge in [0.25, 0.3) is 0 Å². The van der Waals surface area contributed by atoms with Crippen molar-refractivity contribution in [3.8, 4) is 0 Å². The van der Waals surface area contributed by atoms with Crippen LogP contribution in [-0.4, -0.2) is 23.1 Å². The number of anilines is 1. The molecule has 0 spiro atoms. The van der Waals surface area contributed by atoms with E-state index < -0.39 is 0 Å². The van der Waals surface area contributed by atoms with Gasteiger partial charge in [0.15, 0.2) is 0 Å². The van der Waals surface area contributed by atoms with E-state index in [9.17, 15) is 4.39 Å². The molecule has 1 heterocycles. The van der Waals surface area contributed by atoms with Gasteiger partial charge in [0.2, 0.25) is 0 Å². The summed E-state index contributed by atoms with van der Waals surface area (Å²) in [5.74, 6) is -0.236. The number of hydrogen-bond donors (Lipinski definition) is 1. The largest absolute Gasteiger partial charge is 0.365 e. The Labute approximate surface area is 112 Å². The molecule has 2 rings (SSSR count). The zero-order chi connectivity index (χ0) is 13.8. The molecule has 1 atom stereocenters. The number of hydrogen-bond acceptors (Lipinski definition) is 3.